The highest BCUT2D eigenvalue weighted by Crippen LogP contribution is 2.12. The lowest BCUT2D eigenvalue weighted by atomic mass is 10.2. The first-order chi connectivity index (χ1) is 8.77. The molecule has 0 bridgehead atoms. The van der Waals surface area contributed by atoms with Crippen molar-refractivity contribution in [3.63, 3.8) is 0 Å². The summed E-state index contributed by atoms with van der Waals surface area (Å²) >= 11 is 4.78. The van der Waals surface area contributed by atoms with Crippen LogP contribution in [0.25, 0.3) is 0 Å². The average molecular weight is 302 g/mol. The smallest absolute Gasteiger partial charge is 0.323 e. The summed E-state index contributed by atoms with van der Waals surface area (Å²) in [6, 6.07) is 4.86. The van der Waals surface area contributed by atoms with Crippen LogP contribution in [0, 0.1) is 0 Å². The number of carbonyl (C=O) groups excluding carboxylic acids is 1. The molecule has 0 amide bonds. The van der Waals surface area contributed by atoms with Crippen molar-refractivity contribution in [3.05, 3.63) is 29.8 Å². The van der Waals surface area contributed by atoms with Crippen molar-refractivity contribution in [3.8, 4) is 0 Å². The van der Waals surface area contributed by atoms with Crippen LogP contribution in [0.5, 0.6) is 0 Å². The fourth-order valence-corrected chi connectivity index (χ4v) is 2.71. The summed E-state index contributed by atoms with van der Waals surface area (Å²) in [5.74, 6) is -0.672. The van der Waals surface area contributed by atoms with Gasteiger partial charge in [-0.15, -0.1) is 0 Å². The number of thiocarbonyl (C=S) groups is 1. The van der Waals surface area contributed by atoms with Gasteiger partial charge in [-0.05, 0) is 19.1 Å². The van der Waals surface area contributed by atoms with E-state index in [2.05, 4.69) is 9.46 Å². The number of nitrogens with two attached hydrogens (primary N) is 1. The number of sulfonamides is 1. The van der Waals surface area contributed by atoms with Gasteiger partial charge in [0.05, 0.1) is 12.0 Å². The topological polar surface area (TPSA) is 98.5 Å². The summed E-state index contributed by atoms with van der Waals surface area (Å²) in [6.07, 6.45) is 0. The number of nitrogens with one attached hydrogen (secondary N) is 1. The molecule has 1 atom stereocenters. The van der Waals surface area contributed by atoms with Crippen LogP contribution in [0.2, 0.25) is 0 Å². The van der Waals surface area contributed by atoms with Gasteiger partial charge in [0.2, 0.25) is 10.0 Å². The highest BCUT2D eigenvalue weighted by Gasteiger charge is 2.22. The van der Waals surface area contributed by atoms with Crippen molar-refractivity contribution >= 4 is 33.2 Å². The molecule has 0 radical (unpaired) electrons. The van der Waals surface area contributed by atoms with E-state index in [4.69, 9.17) is 18.0 Å². The van der Waals surface area contributed by atoms with Crippen molar-refractivity contribution in [2.75, 3.05) is 7.11 Å². The number of hydrogen-bond acceptors (Lipinski definition) is 5. The third kappa shape index (κ3) is 3.98. The molecule has 1 rings (SSSR count). The molecule has 104 valence electrons. The zero-order chi connectivity index (χ0) is 14.6. The molecule has 0 aliphatic rings. The minimum atomic E-state index is -3.84. The van der Waals surface area contributed by atoms with Crippen LogP contribution < -0.4 is 10.5 Å². The highest BCUT2D eigenvalue weighted by atomic mass is 32.2. The van der Waals surface area contributed by atoms with E-state index in [1.54, 1.807) is 6.07 Å². The molecule has 0 aliphatic carbocycles. The van der Waals surface area contributed by atoms with Crippen molar-refractivity contribution in [1.82, 2.24) is 4.72 Å². The molecule has 0 heterocycles. The van der Waals surface area contributed by atoms with Gasteiger partial charge in [-0.25, -0.2) is 8.42 Å². The lowest BCUT2D eigenvalue weighted by molar-refractivity contribution is -0.142. The van der Waals surface area contributed by atoms with Gasteiger partial charge in [-0.1, -0.05) is 24.4 Å². The lowest BCUT2D eigenvalue weighted by Crippen LogP contribution is -2.39. The van der Waals surface area contributed by atoms with Crippen LogP contribution in [0.15, 0.2) is 29.2 Å². The summed E-state index contributed by atoms with van der Waals surface area (Å²) < 4.78 is 30.7. The van der Waals surface area contributed by atoms with Crippen LogP contribution in [0.3, 0.4) is 0 Å². The van der Waals surface area contributed by atoms with Gasteiger partial charge in [0.15, 0.2) is 0 Å². The highest BCUT2D eigenvalue weighted by molar-refractivity contribution is 7.89. The first kappa shape index (κ1) is 15.5. The number of rotatable bonds is 5. The third-order valence-corrected chi connectivity index (χ3v) is 4.09. The van der Waals surface area contributed by atoms with E-state index >= 15 is 0 Å². The molecular formula is C11H14N2O4S2. The van der Waals surface area contributed by atoms with Crippen molar-refractivity contribution in [1.29, 1.82) is 0 Å². The molecule has 3 N–H and O–H groups in total. The van der Waals surface area contributed by atoms with Gasteiger partial charge >= 0.3 is 5.97 Å². The monoisotopic (exact) mass is 302 g/mol. The number of ether oxygens (including phenoxy) is 1. The first-order valence-corrected chi connectivity index (χ1v) is 7.17. The van der Waals surface area contributed by atoms with E-state index < -0.39 is 22.0 Å². The number of esters is 1. The van der Waals surface area contributed by atoms with Gasteiger partial charge in [-0.3, -0.25) is 4.79 Å². The predicted octanol–water partition coefficient (Wildman–Crippen LogP) is 0.161. The summed E-state index contributed by atoms with van der Waals surface area (Å²) in [5.41, 5.74) is 5.87. The van der Waals surface area contributed by atoms with E-state index in [1.165, 1.54) is 32.2 Å². The van der Waals surface area contributed by atoms with Crippen LogP contribution in [-0.4, -0.2) is 32.5 Å². The Labute approximate surface area is 117 Å². The second kappa shape index (κ2) is 6.09. The van der Waals surface area contributed by atoms with Gasteiger partial charge in [0.25, 0.3) is 0 Å². The number of carbonyl (C=O) groups is 1. The van der Waals surface area contributed by atoms with Gasteiger partial charge in [0, 0.05) is 5.56 Å². The fraction of sp³-hybridized carbons (Fsp3) is 0.273. The molecule has 0 aliphatic heterocycles. The summed E-state index contributed by atoms with van der Waals surface area (Å²) in [4.78, 5) is 11.3. The Morgan fingerprint density at radius 3 is 2.63 bits per heavy atom. The Hall–Kier alpha value is -1.51. The standard InChI is InChI=1S/C11H14N2O4S2/c1-7(11(14)17-2)13-19(15,16)9-5-3-4-8(6-9)10(12)18/h3-7,13H,1-2H3,(H2,12,18). The summed E-state index contributed by atoms with van der Waals surface area (Å²) in [6.45, 7) is 1.39. The quantitative estimate of drug-likeness (QED) is 0.594. The molecule has 0 aromatic heterocycles. The molecule has 6 nitrogen and oxygen atoms in total. The summed E-state index contributed by atoms with van der Waals surface area (Å²) in [5, 5.41) is 0. The van der Waals surface area contributed by atoms with Crippen LogP contribution in [-0.2, 0) is 19.6 Å². The molecule has 0 saturated carbocycles. The number of benzene rings is 1. The molecule has 0 fully saturated rings. The SMILES string of the molecule is COC(=O)C(C)NS(=O)(=O)c1cccc(C(N)=S)c1. The van der Waals surface area contributed by atoms with Gasteiger partial charge in [-0.2, -0.15) is 4.72 Å². The van der Waals surface area contributed by atoms with Crippen LogP contribution in [0.4, 0.5) is 0 Å². The van der Waals surface area contributed by atoms with E-state index in [9.17, 15) is 13.2 Å². The first-order valence-electron chi connectivity index (χ1n) is 5.28. The maximum Gasteiger partial charge on any atom is 0.323 e. The Bertz CT molecular complexity index is 598. The zero-order valence-electron chi connectivity index (χ0n) is 10.4. The number of methoxy groups -OCH3 is 1. The molecule has 1 unspecified atom stereocenters. The molecule has 0 saturated heterocycles. The Kier molecular flexibility index (Phi) is 4.98. The molecular weight excluding hydrogens is 288 g/mol. The second-order valence-corrected chi connectivity index (χ2v) is 5.91. The molecule has 1 aromatic rings. The summed E-state index contributed by atoms with van der Waals surface area (Å²) in [7, 11) is -2.66. The van der Waals surface area contributed by atoms with Gasteiger partial charge < -0.3 is 10.5 Å². The lowest BCUT2D eigenvalue weighted by Gasteiger charge is -2.12. The van der Waals surface area contributed by atoms with Crippen molar-refractivity contribution in [2.45, 2.75) is 17.9 Å². The Morgan fingerprint density at radius 1 is 1.47 bits per heavy atom. The molecule has 19 heavy (non-hydrogen) atoms. The maximum absolute atomic E-state index is 12.0. The Morgan fingerprint density at radius 2 is 2.11 bits per heavy atom. The van der Waals surface area contributed by atoms with E-state index in [0.717, 1.165) is 0 Å². The normalized spacial score (nSPS) is 12.7. The Balaban J connectivity index is 3.04. The van der Waals surface area contributed by atoms with E-state index in [-0.39, 0.29) is 9.88 Å². The van der Waals surface area contributed by atoms with Gasteiger partial charge in [0.1, 0.15) is 11.0 Å². The van der Waals surface area contributed by atoms with E-state index in [1.807, 2.05) is 0 Å². The minimum absolute atomic E-state index is 0.0199. The molecule has 0 spiro atoms. The largest absolute Gasteiger partial charge is 0.468 e. The maximum atomic E-state index is 12.0. The van der Waals surface area contributed by atoms with Crippen LogP contribution in [0.1, 0.15) is 12.5 Å². The second-order valence-electron chi connectivity index (χ2n) is 3.76. The molecule has 1 aromatic carbocycles. The van der Waals surface area contributed by atoms with Crippen molar-refractivity contribution < 1.29 is 17.9 Å². The van der Waals surface area contributed by atoms with Crippen molar-refractivity contribution in [2.24, 2.45) is 5.73 Å². The predicted molar refractivity (Wildman–Crippen MR) is 74.1 cm³/mol. The van der Waals surface area contributed by atoms with Crippen LogP contribution >= 0.6 is 12.2 Å². The third-order valence-electron chi connectivity index (χ3n) is 2.32. The average Bonchev–Trinajstić information content (AvgIpc) is 2.37. The fourth-order valence-electron chi connectivity index (χ4n) is 1.34. The van der Waals surface area contributed by atoms with E-state index in [0.29, 0.717) is 5.56 Å². The molecule has 8 heteroatoms. The zero-order valence-corrected chi connectivity index (χ0v) is 12.0. The minimum Gasteiger partial charge on any atom is -0.468 e. The number of hydrogen-bond donors (Lipinski definition) is 2.